The van der Waals surface area contributed by atoms with Crippen LogP contribution in [-0.4, -0.2) is 55.5 Å². The zero-order chi connectivity index (χ0) is 25.5. The largest absolute Gasteiger partial charge is 0.383 e. The predicted molar refractivity (Wildman–Crippen MR) is 148 cm³/mol. The van der Waals surface area contributed by atoms with Crippen LogP contribution in [-0.2, 0) is 15.9 Å². The first-order valence-electron chi connectivity index (χ1n) is 13.2. The fraction of sp³-hybridized carbons (Fsp3) is 0.643. The van der Waals surface area contributed by atoms with Crippen molar-refractivity contribution in [2.45, 2.75) is 70.9 Å². The Balaban J connectivity index is 1.39. The molecule has 1 saturated carbocycles. The van der Waals surface area contributed by atoms with Crippen molar-refractivity contribution in [1.82, 2.24) is 15.3 Å². The average molecular weight is 536 g/mol. The normalized spacial score (nSPS) is 22.8. The summed E-state index contributed by atoms with van der Waals surface area (Å²) in [5.41, 5.74) is 4.01. The minimum atomic E-state index is 0.190. The molecule has 3 heterocycles. The summed E-state index contributed by atoms with van der Waals surface area (Å²) >= 11 is 13.1. The molecule has 1 saturated heterocycles. The molecule has 1 aliphatic carbocycles. The maximum absolute atomic E-state index is 6.60. The van der Waals surface area contributed by atoms with Crippen LogP contribution in [0.15, 0.2) is 24.5 Å². The second-order valence-corrected chi connectivity index (χ2v) is 11.7. The van der Waals surface area contributed by atoms with Crippen molar-refractivity contribution in [3.8, 4) is 11.1 Å². The van der Waals surface area contributed by atoms with Gasteiger partial charge in [-0.05, 0) is 75.3 Å². The van der Waals surface area contributed by atoms with Gasteiger partial charge < -0.3 is 20.1 Å². The molecular formula is C28H40Cl2N4O2. The second kappa shape index (κ2) is 12.9. The van der Waals surface area contributed by atoms with E-state index in [0.717, 1.165) is 68.1 Å². The molecule has 0 unspecified atom stereocenters. The quantitative estimate of drug-likeness (QED) is 0.343. The van der Waals surface area contributed by atoms with E-state index in [4.69, 9.17) is 32.7 Å². The molecule has 8 heteroatoms. The summed E-state index contributed by atoms with van der Waals surface area (Å²) in [6.45, 7) is 7.69. The minimum absolute atomic E-state index is 0.190. The SMILES string of the molecule is COC[C@H](C)NC1CCC(Cc2cc(-c3cnc(Cl)c(NCC4(C)CCOCC4)c3)c(Cl)cn2)CC1. The number of hydrogen-bond acceptors (Lipinski definition) is 6. The van der Waals surface area contributed by atoms with E-state index >= 15 is 0 Å². The lowest BCUT2D eigenvalue weighted by Gasteiger charge is -2.34. The Hall–Kier alpha value is -1.44. The van der Waals surface area contributed by atoms with Crippen LogP contribution < -0.4 is 10.6 Å². The molecule has 2 aromatic rings. The number of anilines is 1. The molecular weight excluding hydrogens is 495 g/mol. The van der Waals surface area contributed by atoms with Gasteiger partial charge >= 0.3 is 0 Å². The second-order valence-electron chi connectivity index (χ2n) is 10.9. The summed E-state index contributed by atoms with van der Waals surface area (Å²) < 4.78 is 10.8. The van der Waals surface area contributed by atoms with Crippen molar-refractivity contribution < 1.29 is 9.47 Å². The minimum Gasteiger partial charge on any atom is -0.383 e. The summed E-state index contributed by atoms with van der Waals surface area (Å²) in [4.78, 5) is 9.12. The molecule has 198 valence electrons. The summed E-state index contributed by atoms with van der Waals surface area (Å²) in [7, 11) is 1.76. The number of ether oxygens (including phenoxy) is 2. The van der Waals surface area contributed by atoms with Crippen LogP contribution in [0.2, 0.25) is 10.2 Å². The first-order valence-corrected chi connectivity index (χ1v) is 14.0. The summed E-state index contributed by atoms with van der Waals surface area (Å²) in [6.07, 6.45) is 11.4. The third kappa shape index (κ3) is 7.55. The monoisotopic (exact) mass is 534 g/mol. The number of nitrogens with one attached hydrogen (secondary N) is 2. The van der Waals surface area contributed by atoms with Gasteiger partial charge in [0, 0.05) is 68.2 Å². The van der Waals surface area contributed by atoms with Gasteiger partial charge in [0.15, 0.2) is 5.15 Å². The Labute approximate surface area is 225 Å². The highest BCUT2D eigenvalue weighted by Crippen LogP contribution is 2.35. The number of nitrogens with zero attached hydrogens (tertiary/aromatic N) is 2. The Morgan fingerprint density at radius 3 is 2.58 bits per heavy atom. The molecule has 36 heavy (non-hydrogen) atoms. The molecule has 2 aliphatic rings. The number of halogens is 2. The molecule has 0 radical (unpaired) electrons. The van der Waals surface area contributed by atoms with Gasteiger partial charge in [0.2, 0.25) is 0 Å². The summed E-state index contributed by atoms with van der Waals surface area (Å²) in [5, 5.41) is 8.34. The van der Waals surface area contributed by atoms with Crippen molar-refractivity contribution in [3.63, 3.8) is 0 Å². The molecule has 0 amide bonds. The summed E-state index contributed by atoms with van der Waals surface area (Å²) in [6, 6.07) is 5.15. The topological polar surface area (TPSA) is 68.3 Å². The molecule has 0 aromatic carbocycles. The van der Waals surface area contributed by atoms with Gasteiger partial charge in [-0.25, -0.2) is 4.98 Å². The van der Waals surface area contributed by atoms with Crippen LogP contribution in [0.4, 0.5) is 5.69 Å². The Morgan fingerprint density at radius 1 is 1.11 bits per heavy atom. The van der Waals surface area contributed by atoms with Crippen LogP contribution in [0.1, 0.15) is 58.1 Å². The highest BCUT2D eigenvalue weighted by Gasteiger charge is 2.27. The standard InChI is InChI=1S/C28H40Cl2N4O2/c1-19(17-35-3)34-22-6-4-20(5-7-22)12-23-14-24(25(29)16-31-23)21-13-26(27(30)32-15-21)33-18-28(2)8-10-36-11-9-28/h13-16,19-20,22,33-34H,4-12,17-18H2,1-3H3/t19-,20?,22?/m0/s1. The Bertz CT molecular complexity index is 992. The van der Waals surface area contributed by atoms with Gasteiger partial charge in [0.25, 0.3) is 0 Å². The predicted octanol–water partition coefficient (Wildman–Crippen LogP) is 6.40. The van der Waals surface area contributed by atoms with Gasteiger partial charge in [-0.15, -0.1) is 0 Å². The number of pyridine rings is 2. The number of methoxy groups -OCH3 is 1. The lowest BCUT2D eigenvalue weighted by atomic mass is 9.82. The highest BCUT2D eigenvalue weighted by atomic mass is 35.5. The van der Waals surface area contributed by atoms with Gasteiger partial charge in [0.1, 0.15) is 0 Å². The van der Waals surface area contributed by atoms with Crippen molar-refractivity contribution in [2.75, 3.05) is 38.8 Å². The van der Waals surface area contributed by atoms with Crippen molar-refractivity contribution >= 4 is 28.9 Å². The zero-order valence-electron chi connectivity index (χ0n) is 21.8. The molecule has 2 aromatic heterocycles. The van der Waals surface area contributed by atoms with E-state index in [2.05, 4.69) is 46.6 Å². The van der Waals surface area contributed by atoms with Crippen LogP contribution in [0.3, 0.4) is 0 Å². The summed E-state index contributed by atoms with van der Waals surface area (Å²) in [5.74, 6) is 0.642. The van der Waals surface area contributed by atoms with E-state index in [0.29, 0.717) is 28.2 Å². The van der Waals surface area contributed by atoms with E-state index in [9.17, 15) is 0 Å². The van der Waals surface area contributed by atoms with Crippen LogP contribution >= 0.6 is 23.2 Å². The van der Waals surface area contributed by atoms with Gasteiger partial charge in [-0.1, -0.05) is 30.1 Å². The third-order valence-corrected chi connectivity index (χ3v) is 8.35. The number of rotatable bonds is 10. The molecule has 2 fully saturated rings. The number of hydrogen-bond donors (Lipinski definition) is 2. The lowest BCUT2D eigenvalue weighted by molar-refractivity contribution is 0.0300. The van der Waals surface area contributed by atoms with E-state index < -0.39 is 0 Å². The smallest absolute Gasteiger partial charge is 0.152 e. The Morgan fingerprint density at radius 2 is 1.86 bits per heavy atom. The first kappa shape index (κ1) is 27.6. The van der Waals surface area contributed by atoms with Crippen LogP contribution in [0, 0.1) is 11.3 Å². The van der Waals surface area contributed by atoms with E-state index in [1.807, 2.05) is 0 Å². The van der Waals surface area contributed by atoms with E-state index in [-0.39, 0.29) is 5.41 Å². The lowest BCUT2D eigenvalue weighted by Crippen LogP contribution is -2.41. The fourth-order valence-electron chi connectivity index (χ4n) is 5.41. The Kier molecular flexibility index (Phi) is 9.87. The van der Waals surface area contributed by atoms with Crippen molar-refractivity contribution in [2.24, 2.45) is 11.3 Å². The maximum atomic E-state index is 6.60. The molecule has 1 atom stereocenters. The van der Waals surface area contributed by atoms with Gasteiger partial charge in [-0.3, -0.25) is 4.98 Å². The van der Waals surface area contributed by atoms with E-state index in [1.54, 1.807) is 19.5 Å². The van der Waals surface area contributed by atoms with Crippen LogP contribution in [0.25, 0.3) is 11.1 Å². The first-order chi connectivity index (χ1) is 17.3. The molecule has 4 rings (SSSR count). The molecule has 0 bridgehead atoms. The third-order valence-electron chi connectivity index (χ3n) is 7.75. The molecule has 0 spiro atoms. The van der Waals surface area contributed by atoms with Gasteiger partial charge in [0.05, 0.1) is 17.3 Å². The van der Waals surface area contributed by atoms with Crippen molar-refractivity contribution in [1.29, 1.82) is 0 Å². The maximum Gasteiger partial charge on any atom is 0.152 e. The van der Waals surface area contributed by atoms with Crippen molar-refractivity contribution in [3.05, 3.63) is 40.4 Å². The van der Waals surface area contributed by atoms with Gasteiger partial charge in [-0.2, -0.15) is 0 Å². The average Bonchev–Trinajstić information content (AvgIpc) is 2.87. The van der Waals surface area contributed by atoms with E-state index in [1.165, 1.54) is 25.7 Å². The number of aromatic nitrogens is 2. The zero-order valence-corrected chi connectivity index (χ0v) is 23.3. The van der Waals surface area contributed by atoms with Crippen LogP contribution in [0.5, 0.6) is 0 Å². The highest BCUT2D eigenvalue weighted by molar-refractivity contribution is 6.33. The molecule has 2 N–H and O–H groups in total. The fourth-order valence-corrected chi connectivity index (χ4v) is 5.80. The molecule has 1 aliphatic heterocycles. The molecule has 6 nitrogen and oxygen atoms in total.